The van der Waals surface area contributed by atoms with E-state index in [1.54, 1.807) is 11.0 Å². The molecule has 2 N–H and O–H groups in total. The lowest BCUT2D eigenvalue weighted by Crippen LogP contribution is -2.31. The van der Waals surface area contributed by atoms with E-state index in [1.165, 1.54) is 11.1 Å². The quantitative estimate of drug-likeness (QED) is 0.832. The summed E-state index contributed by atoms with van der Waals surface area (Å²) in [5, 5.41) is 11.1. The van der Waals surface area contributed by atoms with Crippen LogP contribution in [0.1, 0.15) is 25.0 Å². The molecule has 0 saturated heterocycles. The molecule has 0 radical (unpaired) electrons. The van der Waals surface area contributed by atoms with Gasteiger partial charge in [0.2, 0.25) is 5.95 Å². The van der Waals surface area contributed by atoms with E-state index in [-0.39, 0.29) is 0 Å². The molecule has 21 heavy (non-hydrogen) atoms. The van der Waals surface area contributed by atoms with Gasteiger partial charge in [0.05, 0.1) is 6.54 Å². The minimum Gasteiger partial charge on any atom is -0.362 e. The highest BCUT2D eigenvalue weighted by Crippen LogP contribution is 2.09. The monoisotopic (exact) mass is 303 g/mol. The zero-order valence-electron chi connectivity index (χ0n) is 12.6. The van der Waals surface area contributed by atoms with Crippen LogP contribution in [0.5, 0.6) is 0 Å². The molecule has 0 aliphatic carbocycles. The lowest BCUT2D eigenvalue weighted by atomic mass is 10.1. The van der Waals surface area contributed by atoms with Crippen LogP contribution < -0.4 is 10.6 Å². The first-order valence-corrected chi connectivity index (χ1v) is 7.44. The highest BCUT2D eigenvalue weighted by Gasteiger charge is 2.05. The maximum atomic E-state index is 5.20. The molecular weight excluding hydrogens is 282 g/mol. The largest absolute Gasteiger partial charge is 0.362 e. The van der Waals surface area contributed by atoms with Gasteiger partial charge in [0.15, 0.2) is 5.11 Å². The first-order valence-electron chi connectivity index (χ1n) is 7.03. The van der Waals surface area contributed by atoms with Gasteiger partial charge in [0.1, 0.15) is 6.33 Å². The Balaban J connectivity index is 1.92. The van der Waals surface area contributed by atoms with Crippen molar-refractivity contribution in [3.63, 3.8) is 0 Å². The van der Waals surface area contributed by atoms with Crippen molar-refractivity contribution in [1.29, 1.82) is 0 Å². The van der Waals surface area contributed by atoms with E-state index < -0.39 is 0 Å². The zero-order valence-corrected chi connectivity index (χ0v) is 13.4. The Morgan fingerprint density at radius 1 is 1.33 bits per heavy atom. The van der Waals surface area contributed by atoms with E-state index in [0.717, 1.165) is 6.54 Å². The fourth-order valence-electron chi connectivity index (χ4n) is 1.83. The van der Waals surface area contributed by atoms with Gasteiger partial charge in [-0.25, -0.2) is 9.67 Å². The molecule has 112 valence electrons. The van der Waals surface area contributed by atoms with Gasteiger partial charge in [0, 0.05) is 6.54 Å². The molecule has 0 atom stereocenters. The predicted octanol–water partition coefficient (Wildman–Crippen LogP) is 2.58. The van der Waals surface area contributed by atoms with Crippen LogP contribution in [0.2, 0.25) is 0 Å². The van der Waals surface area contributed by atoms with Crippen molar-refractivity contribution in [2.24, 2.45) is 5.92 Å². The number of nitrogens with zero attached hydrogens (tertiary/aromatic N) is 3. The van der Waals surface area contributed by atoms with E-state index >= 15 is 0 Å². The number of aryl methyl sites for hydroxylation is 1. The molecule has 5 nitrogen and oxygen atoms in total. The van der Waals surface area contributed by atoms with Crippen LogP contribution in [0.3, 0.4) is 0 Å². The minimum absolute atomic E-state index is 0.518. The van der Waals surface area contributed by atoms with Gasteiger partial charge in [-0.1, -0.05) is 38.1 Å². The van der Waals surface area contributed by atoms with Crippen LogP contribution in [0.4, 0.5) is 5.95 Å². The maximum Gasteiger partial charge on any atom is 0.248 e. The highest BCUT2D eigenvalue weighted by atomic mass is 32.1. The Hall–Kier alpha value is -1.95. The van der Waals surface area contributed by atoms with E-state index in [9.17, 15) is 0 Å². The molecule has 6 heteroatoms. The fourth-order valence-corrected chi connectivity index (χ4v) is 2.01. The van der Waals surface area contributed by atoms with Crippen LogP contribution in [-0.2, 0) is 6.54 Å². The Morgan fingerprint density at radius 2 is 2.10 bits per heavy atom. The van der Waals surface area contributed by atoms with Gasteiger partial charge in [-0.2, -0.15) is 0 Å². The van der Waals surface area contributed by atoms with Crippen LogP contribution in [0, 0.1) is 12.8 Å². The van der Waals surface area contributed by atoms with Crippen molar-refractivity contribution in [2.45, 2.75) is 27.3 Å². The highest BCUT2D eigenvalue weighted by molar-refractivity contribution is 7.80. The number of rotatable bonds is 5. The number of nitrogens with one attached hydrogen (secondary N) is 2. The van der Waals surface area contributed by atoms with Crippen LogP contribution >= 0.6 is 12.2 Å². The maximum absolute atomic E-state index is 5.20. The second kappa shape index (κ2) is 7.17. The number of hydrogen-bond acceptors (Lipinski definition) is 3. The number of benzene rings is 1. The molecule has 1 aromatic heterocycles. The molecule has 0 amide bonds. The Morgan fingerprint density at radius 3 is 2.81 bits per heavy atom. The molecule has 0 aliphatic heterocycles. The number of aromatic nitrogens is 3. The molecule has 2 rings (SSSR count). The van der Waals surface area contributed by atoms with Crippen LogP contribution in [0.25, 0.3) is 0 Å². The van der Waals surface area contributed by atoms with Gasteiger partial charge in [-0.3, -0.25) is 5.32 Å². The third kappa shape index (κ3) is 4.82. The molecule has 0 saturated carbocycles. The van der Waals surface area contributed by atoms with E-state index in [1.807, 2.05) is 12.1 Å². The Labute approximate surface area is 130 Å². The molecule has 2 aromatic rings. The number of thiocarbonyl (C=S) groups is 1. The number of hydrogen-bond donors (Lipinski definition) is 2. The fraction of sp³-hybridized carbons (Fsp3) is 0.400. The van der Waals surface area contributed by atoms with Crippen molar-refractivity contribution >= 4 is 23.3 Å². The zero-order chi connectivity index (χ0) is 15.2. The number of anilines is 1. The van der Waals surface area contributed by atoms with Crippen LogP contribution in [0.15, 0.2) is 30.6 Å². The third-order valence-electron chi connectivity index (χ3n) is 3.03. The normalized spacial score (nSPS) is 10.7. The molecule has 1 aromatic carbocycles. The van der Waals surface area contributed by atoms with Gasteiger partial charge < -0.3 is 5.32 Å². The van der Waals surface area contributed by atoms with Gasteiger partial charge >= 0.3 is 0 Å². The molecule has 0 unspecified atom stereocenters. The predicted molar refractivity (Wildman–Crippen MR) is 89.4 cm³/mol. The molecule has 0 aliphatic rings. The topological polar surface area (TPSA) is 54.8 Å². The average molecular weight is 303 g/mol. The standard InChI is InChI=1S/C15H21N5S/c1-11(2)8-16-15(21)18-14-17-10-20(19-14)9-13-7-5-4-6-12(13)3/h4-7,10-11H,8-9H2,1-3H3,(H2,16,18,19,21). The summed E-state index contributed by atoms with van der Waals surface area (Å²) < 4.78 is 1.80. The van der Waals surface area contributed by atoms with Crippen molar-refractivity contribution in [3.05, 3.63) is 41.7 Å². The van der Waals surface area contributed by atoms with Gasteiger partial charge in [-0.05, 0) is 36.2 Å². The molecule has 0 bridgehead atoms. The summed E-state index contributed by atoms with van der Waals surface area (Å²) in [6, 6.07) is 8.25. The Kier molecular flexibility index (Phi) is 5.27. The van der Waals surface area contributed by atoms with Crippen molar-refractivity contribution in [3.8, 4) is 0 Å². The van der Waals surface area contributed by atoms with Gasteiger partial charge in [0.25, 0.3) is 0 Å². The molecule has 0 spiro atoms. The lowest BCUT2D eigenvalue weighted by molar-refractivity contribution is 0.627. The summed E-state index contributed by atoms with van der Waals surface area (Å²) in [6.07, 6.45) is 1.71. The first-order chi connectivity index (χ1) is 10.0. The first kappa shape index (κ1) is 15.4. The third-order valence-corrected chi connectivity index (χ3v) is 3.27. The van der Waals surface area contributed by atoms with E-state index in [2.05, 4.69) is 53.6 Å². The van der Waals surface area contributed by atoms with Crippen LogP contribution in [-0.4, -0.2) is 26.4 Å². The van der Waals surface area contributed by atoms with Gasteiger partial charge in [-0.15, -0.1) is 5.10 Å². The molecular formula is C15H21N5S. The summed E-state index contributed by atoms with van der Waals surface area (Å²) in [4.78, 5) is 4.22. The van der Waals surface area contributed by atoms with Crippen molar-refractivity contribution < 1.29 is 0 Å². The lowest BCUT2D eigenvalue weighted by Gasteiger charge is -2.09. The average Bonchev–Trinajstić information content (AvgIpc) is 2.86. The smallest absolute Gasteiger partial charge is 0.248 e. The Bertz CT molecular complexity index is 606. The van der Waals surface area contributed by atoms with E-state index in [0.29, 0.717) is 23.5 Å². The summed E-state index contributed by atoms with van der Waals surface area (Å²) >= 11 is 5.20. The van der Waals surface area contributed by atoms with Crippen molar-refractivity contribution in [2.75, 3.05) is 11.9 Å². The SMILES string of the molecule is Cc1ccccc1Cn1cnc(NC(=S)NCC(C)C)n1. The summed E-state index contributed by atoms with van der Waals surface area (Å²) in [7, 11) is 0. The second-order valence-corrected chi connectivity index (χ2v) is 5.83. The minimum atomic E-state index is 0.518. The second-order valence-electron chi connectivity index (χ2n) is 5.42. The van der Waals surface area contributed by atoms with E-state index in [4.69, 9.17) is 12.2 Å². The van der Waals surface area contributed by atoms with Crippen molar-refractivity contribution in [1.82, 2.24) is 20.1 Å². The summed E-state index contributed by atoms with van der Waals surface area (Å²) in [5.41, 5.74) is 2.48. The summed E-state index contributed by atoms with van der Waals surface area (Å²) in [5.74, 6) is 1.06. The summed E-state index contributed by atoms with van der Waals surface area (Å²) in [6.45, 7) is 7.88. The molecule has 1 heterocycles. The molecule has 0 fully saturated rings.